The third-order valence-corrected chi connectivity index (χ3v) is 4.52. The Morgan fingerprint density at radius 3 is 2.96 bits per heavy atom. The average molecular weight is 317 g/mol. The second-order valence-electron chi connectivity index (χ2n) is 6.12. The molecule has 1 aliphatic carbocycles. The van der Waals surface area contributed by atoms with E-state index in [1.807, 2.05) is 11.5 Å². The number of hydrogen-bond acceptors (Lipinski definition) is 6. The first-order valence-corrected chi connectivity index (χ1v) is 7.87. The van der Waals surface area contributed by atoms with Gasteiger partial charge in [-0.3, -0.25) is 4.79 Å². The van der Waals surface area contributed by atoms with Crippen LogP contribution in [0.1, 0.15) is 59.6 Å². The van der Waals surface area contributed by atoms with Crippen LogP contribution in [0.4, 0.5) is 0 Å². The molecule has 2 aliphatic rings. The molecule has 122 valence electrons. The Bertz CT molecular complexity index is 733. The number of methoxy groups -OCH3 is 1. The maximum absolute atomic E-state index is 12.7. The summed E-state index contributed by atoms with van der Waals surface area (Å²) in [6.07, 6.45) is 2.24. The molecule has 8 heteroatoms. The van der Waals surface area contributed by atoms with Crippen molar-refractivity contribution in [1.82, 2.24) is 24.8 Å². The van der Waals surface area contributed by atoms with Gasteiger partial charge < -0.3 is 18.7 Å². The lowest BCUT2D eigenvalue weighted by molar-refractivity contribution is 0.0622. The van der Waals surface area contributed by atoms with Crippen molar-refractivity contribution in [2.24, 2.45) is 0 Å². The lowest BCUT2D eigenvalue weighted by Gasteiger charge is -2.33. The maximum atomic E-state index is 12.7. The molecule has 3 heterocycles. The predicted molar refractivity (Wildman–Crippen MR) is 78.7 cm³/mol. The number of nitrogens with zero attached hydrogens (tertiary/aromatic N) is 5. The van der Waals surface area contributed by atoms with E-state index in [2.05, 4.69) is 15.4 Å². The molecule has 8 nitrogen and oxygen atoms in total. The average Bonchev–Trinajstić information content (AvgIpc) is 3.13. The first-order chi connectivity index (χ1) is 11.2. The van der Waals surface area contributed by atoms with Gasteiger partial charge in [0.05, 0.1) is 6.04 Å². The summed E-state index contributed by atoms with van der Waals surface area (Å²) < 4.78 is 12.5. The zero-order chi connectivity index (χ0) is 16.0. The second-order valence-corrected chi connectivity index (χ2v) is 6.12. The molecule has 1 fully saturated rings. The molecule has 0 N–H and O–H groups in total. The molecular weight excluding hydrogens is 298 g/mol. The Morgan fingerprint density at radius 1 is 1.39 bits per heavy atom. The van der Waals surface area contributed by atoms with Crippen LogP contribution in [-0.2, 0) is 17.9 Å². The van der Waals surface area contributed by atoms with Crippen molar-refractivity contribution in [2.45, 2.75) is 44.9 Å². The van der Waals surface area contributed by atoms with Gasteiger partial charge in [0.1, 0.15) is 12.4 Å². The minimum Gasteiger partial charge on any atom is -0.377 e. The van der Waals surface area contributed by atoms with Gasteiger partial charge in [-0.15, -0.1) is 10.2 Å². The lowest BCUT2D eigenvalue weighted by Crippen LogP contribution is -2.41. The van der Waals surface area contributed by atoms with E-state index in [4.69, 9.17) is 9.26 Å². The third kappa shape index (κ3) is 2.42. The van der Waals surface area contributed by atoms with Crippen molar-refractivity contribution in [3.05, 3.63) is 29.2 Å². The number of rotatable bonds is 4. The fraction of sp³-hybridized carbons (Fsp3) is 0.600. The normalized spacial score (nSPS) is 20.6. The van der Waals surface area contributed by atoms with Crippen LogP contribution >= 0.6 is 0 Å². The number of carbonyl (C=O) groups is 1. The van der Waals surface area contributed by atoms with E-state index in [0.29, 0.717) is 31.3 Å². The monoisotopic (exact) mass is 317 g/mol. The van der Waals surface area contributed by atoms with Crippen molar-refractivity contribution >= 4 is 5.91 Å². The van der Waals surface area contributed by atoms with E-state index < -0.39 is 0 Å². The highest BCUT2D eigenvalue weighted by Crippen LogP contribution is 2.40. The second kappa shape index (κ2) is 5.45. The molecule has 1 amide bonds. The molecule has 0 bridgehead atoms. The van der Waals surface area contributed by atoms with Crippen molar-refractivity contribution in [1.29, 1.82) is 0 Å². The molecular formula is C15H19N5O3. The first kappa shape index (κ1) is 14.4. The molecule has 2 aromatic rings. The van der Waals surface area contributed by atoms with Gasteiger partial charge in [0, 0.05) is 32.2 Å². The van der Waals surface area contributed by atoms with Gasteiger partial charge in [-0.1, -0.05) is 5.16 Å². The highest BCUT2D eigenvalue weighted by molar-refractivity contribution is 5.92. The van der Waals surface area contributed by atoms with Crippen LogP contribution in [0.3, 0.4) is 0 Å². The van der Waals surface area contributed by atoms with Crippen LogP contribution in [-0.4, -0.2) is 44.4 Å². The van der Waals surface area contributed by atoms with Gasteiger partial charge >= 0.3 is 0 Å². The van der Waals surface area contributed by atoms with Crippen molar-refractivity contribution in [3.8, 4) is 0 Å². The molecule has 1 atom stereocenters. The number of ether oxygens (including phenoxy) is 1. The van der Waals surface area contributed by atoms with E-state index >= 15 is 0 Å². The summed E-state index contributed by atoms with van der Waals surface area (Å²) in [5.74, 6) is 2.73. The maximum Gasteiger partial charge on any atom is 0.276 e. The number of aromatic nitrogens is 4. The van der Waals surface area contributed by atoms with Gasteiger partial charge in [-0.2, -0.15) is 0 Å². The van der Waals surface area contributed by atoms with Gasteiger partial charge in [-0.25, -0.2) is 0 Å². The zero-order valence-electron chi connectivity index (χ0n) is 13.2. The van der Waals surface area contributed by atoms with E-state index in [0.717, 1.165) is 30.3 Å². The Hall–Kier alpha value is -2.22. The molecule has 1 unspecified atom stereocenters. The number of fused-ring (bicyclic) bond motifs is 1. The summed E-state index contributed by atoms with van der Waals surface area (Å²) in [4.78, 5) is 14.5. The Balaban J connectivity index is 1.55. The van der Waals surface area contributed by atoms with Crippen molar-refractivity contribution in [3.63, 3.8) is 0 Å². The van der Waals surface area contributed by atoms with E-state index in [1.54, 1.807) is 18.1 Å². The Morgan fingerprint density at radius 2 is 2.22 bits per heavy atom. The summed E-state index contributed by atoms with van der Waals surface area (Å²) in [6.45, 7) is 3.62. The van der Waals surface area contributed by atoms with Crippen molar-refractivity contribution < 1.29 is 14.1 Å². The highest BCUT2D eigenvalue weighted by Gasteiger charge is 2.34. The van der Waals surface area contributed by atoms with Crippen molar-refractivity contribution in [2.75, 3.05) is 13.7 Å². The van der Waals surface area contributed by atoms with Gasteiger partial charge in [0.15, 0.2) is 17.3 Å². The zero-order valence-corrected chi connectivity index (χ0v) is 13.2. The van der Waals surface area contributed by atoms with Gasteiger partial charge in [0.25, 0.3) is 5.91 Å². The molecule has 0 radical (unpaired) electrons. The van der Waals surface area contributed by atoms with Crippen LogP contribution in [0.15, 0.2) is 10.6 Å². The minimum absolute atomic E-state index is 0.115. The van der Waals surface area contributed by atoms with Crippen LogP contribution in [0.5, 0.6) is 0 Å². The fourth-order valence-electron chi connectivity index (χ4n) is 3.05. The summed E-state index contributed by atoms with van der Waals surface area (Å²) in [6, 6.07) is 1.62. The minimum atomic E-state index is -0.157. The SMILES string of the molecule is COCc1nnc2n1CCN(C(=O)c1cc(C3CC3)on1)C2C. The van der Waals surface area contributed by atoms with E-state index in [-0.39, 0.29) is 11.9 Å². The number of amides is 1. The van der Waals surface area contributed by atoms with Crippen LogP contribution in [0, 0.1) is 0 Å². The molecule has 4 rings (SSSR count). The topological polar surface area (TPSA) is 86.3 Å². The largest absolute Gasteiger partial charge is 0.377 e. The third-order valence-electron chi connectivity index (χ3n) is 4.52. The molecule has 0 saturated heterocycles. The number of hydrogen-bond donors (Lipinski definition) is 0. The molecule has 1 aliphatic heterocycles. The van der Waals surface area contributed by atoms with E-state index in [9.17, 15) is 4.79 Å². The van der Waals surface area contributed by atoms with Gasteiger partial charge in [-0.05, 0) is 19.8 Å². The molecule has 0 aromatic carbocycles. The standard InChI is InChI=1S/C15H19N5O3/c1-9-14-17-16-13(8-22-2)20(14)6-5-19(9)15(21)11-7-12(23-18-11)10-3-4-10/h7,9-10H,3-6,8H2,1-2H3. The van der Waals surface area contributed by atoms with E-state index in [1.165, 1.54) is 0 Å². The molecule has 1 saturated carbocycles. The van der Waals surface area contributed by atoms with Crippen LogP contribution in [0.2, 0.25) is 0 Å². The molecule has 0 spiro atoms. The summed E-state index contributed by atoms with van der Waals surface area (Å²) in [7, 11) is 1.63. The Kier molecular flexibility index (Phi) is 3.41. The molecule has 2 aromatic heterocycles. The predicted octanol–water partition coefficient (Wildman–Crippen LogP) is 1.51. The highest BCUT2D eigenvalue weighted by atomic mass is 16.5. The quantitative estimate of drug-likeness (QED) is 0.849. The summed E-state index contributed by atoms with van der Waals surface area (Å²) in [5, 5.41) is 12.3. The van der Waals surface area contributed by atoms with Gasteiger partial charge in [0.2, 0.25) is 0 Å². The van der Waals surface area contributed by atoms with Crippen LogP contribution in [0.25, 0.3) is 0 Å². The lowest BCUT2D eigenvalue weighted by atomic mass is 10.1. The smallest absolute Gasteiger partial charge is 0.276 e. The van der Waals surface area contributed by atoms with Crippen LogP contribution < -0.4 is 0 Å². The fourth-order valence-corrected chi connectivity index (χ4v) is 3.05. The molecule has 23 heavy (non-hydrogen) atoms. The summed E-state index contributed by atoms with van der Waals surface area (Å²) in [5.41, 5.74) is 0.379. The first-order valence-electron chi connectivity index (χ1n) is 7.87. The Labute approximate surface area is 133 Å². The summed E-state index contributed by atoms with van der Waals surface area (Å²) >= 11 is 0. The number of carbonyl (C=O) groups excluding carboxylic acids is 1.